The lowest BCUT2D eigenvalue weighted by atomic mass is 10.0. The van der Waals surface area contributed by atoms with Crippen LogP contribution in [-0.4, -0.2) is 18.1 Å². The van der Waals surface area contributed by atoms with Gasteiger partial charge in [-0.3, -0.25) is 4.79 Å². The Labute approximate surface area is 105 Å². The van der Waals surface area contributed by atoms with Gasteiger partial charge in [0.05, 0.1) is 12.7 Å². The van der Waals surface area contributed by atoms with E-state index in [0.29, 0.717) is 5.56 Å². The molecular formula is C14H13NO3. The van der Waals surface area contributed by atoms with Crippen molar-refractivity contribution in [1.82, 2.24) is 0 Å². The highest BCUT2D eigenvalue weighted by atomic mass is 16.5. The van der Waals surface area contributed by atoms with E-state index in [1.165, 1.54) is 6.07 Å². The van der Waals surface area contributed by atoms with Crippen LogP contribution in [0.4, 0.5) is 0 Å². The zero-order valence-corrected chi connectivity index (χ0v) is 9.88. The van der Waals surface area contributed by atoms with Crippen molar-refractivity contribution < 1.29 is 14.6 Å². The zero-order chi connectivity index (χ0) is 13.1. The minimum absolute atomic E-state index is 0.102. The van der Waals surface area contributed by atoms with Gasteiger partial charge in [-0.1, -0.05) is 24.3 Å². The molecule has 0 saturated heterocycles. The summed E-state index contributed by atoms with van der Waals surface area (Å²) in [6.45, 7) is 0. The first-order chi connectivity index (χ1) is 8.63. The maximum atomic E-state index is 11.1. The second-order valence-corrected chi connectivity index (χ2v) is 3.79. The summed E-state index contributed by atoms with van der Waals surface area (Å²) in [5.74, 6) is -0.0256. The van der Waals surface area contributed by atoms with Gasteiger partial charge in [-0.05, 0) is 23.8 Å². The van der Waals surface area contributed by atoms with Gasteiger partial charge >= 0.3 is 0 Å². The van der Waals surface area contributed by atoms with Crippen molar-refractivity contribution in [3.63, 3.8) is 0 Å². The maximum absolute atomic E-state index is 11.1. The van der Waals surface area contributed by atoms with E-state index in [1.807, 2.05) is 0 Å². The number of benzene rings is 2. The number of aromatic hydroxyl groups is 1. The number of phenols is 1. The monoisotopic (exact) mass is 243 g/mol. The number of hydrogen-bond acceptors (Lipinski definition) is 3. The van der Waals surface area contributed by atoms with Crippen molar-refractivity contribution in [1.29, 1.82) is 0 Å². The van der Waals surface area contributed by atoms with Gasteiger partial charge < -0.3 is 15.6 Å². The number of para-hydroxylation sites is 1. The Balaban J connectivity index is 2.50. The number of nitrogens with two attached hydrogens (primary N) is 1. The summed E-state index contributed by atoms with van der Waals surface area (Å²) >= 11 is 0. The molecule has 0 spiro atoms. The molecule has 0 saturated carbocycles. The van der Waals surface area contributed by atoms with Crippen LogP contribution in [0.2, 0.25) is 0 Å². The summed E-state index contributed by atoms with van der Waals surface area (Å²) in [7, 11) is 1.58. The van der Waals surface area contributed by atoms with Gasteiger partial charge in [0.15, 0.2) is 0 Å². The van der Waals surface area contributed by atoms with Crippen LogP contribution in [0.15, 0.2) is 42.5 Å². The fourth-order valence-electron chi connectivity index (χ4n) is 1.75. The van der Waals surface area contributed by atoms with Gasteiger partial charge in [0.2, 0.25) is 0 Å². The molecule has 2 rings (SSSR count). The molecule has 4 heteroatoms. The van der Waals surface area contributed by atoms with Crippen LogP contribution < -0.4 is 10.5 Å². The Kier molecular flexibility index (Phi) is 3.19. The van der Waals surface area contributed by atoms with Crippen LogP contribution in [0.5, 0.6) is 11.5 Å². The second kappa shape index (κ2) is 4.79. The molecule has 0 aliphatic heterocycles. The molecule has 0 aliphatic rings. The molecule has 2 aromatic rings. The molecule has 0 bridgehead atoms. The molecule has 4 nitrogen and oxygen atoms in total. The first-order valence-corrected chi connectivity index (χ1v) is 5.39. The number of carbonyl (C=O) groups is 1. The number of amides is 1. The van der Waals surface area contributed by atoms with Crippen molar-refractivity contribution in [3.05, 3.63) is 48.0 Å². The lowest BCUT2D eigenvalue weighted by molar-refractivity contribution is 0.0998. The third-order valence-corrected chi connectivity index (χ3v) is 2.70. The van der Waals surface area contributed by atoms with E-state index in [9.17, 15) is 9.90 Å². The summed E-state index contributed by atoms with van der Waals surface area (Å²) in [4.78, 5) is 11.1. The molecule has 0 heterocycles. The molecule has 0 radical (unpaired) electrons. The Bertz CT molecular complexity index is 576. The number of ether oxygens (including phenoxy) is 1. The van der Waals surface area contributed by atoms with Crippen molar-refractivity contribution in [3.8, 4) is 22.6 Å². The lowest BCUT2D eigenvalue weighted by Crippen LogP contribution is -2.11. The fraction of sp³-hybridized carbons (Fsp3) is 0.0714. The van der Waals surface area contributed by atoms with Crippen LogP contribution in [0.3, 0.4) is 0 Å². The van der Waals surface area contributed by atoms with Gasteiger partial charge in [-0.2, -0.15) is 0 Å². The highest BCUT2D eigenvalue weighted by Gasteiger charge is 2.12. The summed E-state index contributed by atoms with van der Waals surface area (Å²) in [6, 6.07) is 12.1. The summed E-state index contributed by atoms with van der Waals surface area (Å²) in [5, 5.41) is 10.0. The molecule has 0 unspecified atom stereocenters. The molecule has 18 heavy (non-hydrogen) atoms. The SMILES string of the molecule is COc1ccc(-c2cccc(C(N)=O)c2O)cc1. The van der Waals surface area contributed by atoms with E-state index in [0.717, 1.165) is 11.3 Å². The minimum atomic E-state index is -0.650. The van der Waals surface area contributed by atoms with Gasteiger partial charge in [0.1, 0.15) is 11.5 Å². The number of rotatable bonds is 3. The molecule has 2 aromatic carbocycles. The molecule has 0 aromatic heterocycles. The smallest absolute Gasteiger partial charge is 0.252 e. The van der Waals surface area contributed by atoms with E-state index >= 15 is 0 Å². The van der Waals surface area contributed by atoms with E-state index in [2.05, 4.69) is 0 Å². The van der Waals surface area contributed by atoms with E-state index in [4.69, 9.17) is 10.5 Å². The van der Waals surface area contributed by atoms with Gasteiger partial charge in [-0.25, -0.2) is 0 Å². The molecule has 1 amide bonds. The third kappa shape index (κ3) is 2.13. The number of carbonyl (C=O) groups excluding carboxylic acids is 1. The van der Waals surface area contributed by atoms with E-state index in [1.54, 1.807) is 43.5 Å². The zero-order valence-electron chi connectivity index (χ0n) is 9.88. The standard InChI is InChI=1S/C14H13NO3/c1-18-10-7-5-9(6-8-10)11-3-2-4-12(13(11)16)14(15)17/h2-8,16H,1H3,(H2,15,17). The molecule has 0 aliphatic carbocycles. The summed E-state index contributed by atoms with van der Waals surface area (Å²) in [6.07, 6.45) is 0. The number of hydrogen-bond donors (Lipinski definition) is 2. The predicted octanol–water partition coefficient (Wildman–Crippen LogP) is 2.17. The highest BCUT2D eigenvalue weighted by molar-refractivity contribution is 5.98. The molecule has 3 N–H and O–H groups in total. The molecule has 0 atom stereocenters. The average molecular weight is 243 g/mol. The number of primary amides is 1. The van der Waals surface area contributed by atoms with Crippen molar-refractivity contribution in [2.24, 2.45) is 5.73 Å². The Hall–Kier alpha value is -2.49. The van der Waals surface area contributed by atoms with Crippen LogP contribution in [0.1, 0.15) is 10.4 Å². The highest BCUT2D eigenvalue weighted by Crippen LogP contribution is 2.32. The van der Waals surface area contributed by atoms with E-state index < -0.39 is 5.91 Å². The fourth-order valence-corrected chi connectivity index (χ4v) is 1.75. The Morgan fingerprint density at radius 3 is 2.39 bits per heavy atom. The first-order valence-electron chi connectivity index (χ1n) is 5.39. The maximum Gasteiger partial charge on any atom is 0.252 e. The van der Waals surface area contributed by atoms with E-state index in [-0.39, 0.29) is 11.3 Å². The normalized spacial score (nSPS) is 10.1. The average Bonchev–Trinajstić information content (AvgIpc) is 2.39. The minimum Gasteiger partial charge on any atom is -0.506 e. The Morgan fingerprint density at radius 1 is 1.17 bits per heavy atom. The van der Waals surface area contributed by atoms with Gasteiger partial charge in [0.25, 0.3) is 5.91 Å². The van der Waals surface area contributed by atoms with Crippen LogP contribution in [0, 0.1) is 0 Å². The first kappa shape index (κ1) is 12.0. The van der Waals surface area contributed by atoms with Crippen LogP contribution >= 0.6 is 0 Å². The van der Waals surface area contributed by atoms with Gasteiger partial charge in [0, 0.05) is 5.56 Å². The quantitative estimate of drug-likeness (QED) is 0.867. The topological polar surface area (TPSA) is 72.5 Å². The number of methoxy groups -OCH3 is 1. The molecule has 0 fully saturated rings. The Morgan fingerprint density at radius 2 is 1.83 bits per heavy atom. The molecular weight excluding hydrogens is 230 g/mol. The van der Waals surface area contributed by atoms with Gasteiger partial charge in [-0.15, -0.1) is 0 Å². The van der Waals surface area contributed by atoms with Crippen LogP contribution in [-0.2, 0) is 0 Å². The predicted molar refractivity (Wildman–Crippen MR) is 68.6 cm³/mol. The van der Waals surface area contributed by atoms with Crippen LogP contribution in [0.25, 0.3) is 11.1 Å². The van der Waals surface area contributed by atoms with Crippen molar-refractivity contribution in [2.45, 2.75) is 0 Å². The largest absolute Gasteiger partial charge is 0.506 e. The lowest BCUT2D eigenvalue weighted by Gasteiger charge is -2.08. The van der Waals surface area contributed by atoms with Crippen molar-refractivity contribution >= 4 is 5.91 Å². The second-order valence-electron chi connectivity index (χ2n) is 3.79. The summed E-state index contributed by atoms with van der Waals surface area (Å²) < 4.78 is 5.06. The van der Waals surface area contributed by atoms with Crippen molar-refractivity contribution in [2.75, 3.05) is 7.11 Å². The molecule has 92 valence electrons. The summed E-state index contributed by atoms with van der Waals surface area (Å²) in [5.41, 5.74) is 6.65. The third-order valence-electron chi connectivity index (χ3n) is 2.70.